The molecular formula is C10H16O5. The number of hydrogen-bond acceptors (Lipinski definition) is 5. The molecule has 1 heterocycles. The molecule has 1 rings (SSSR count). The summed E-state index contributed by atoms with van der Waals surface area (Å²) < 4.78 is 9.83. The molecule has 2 unspecified atom stereocenters. The predicted molar refractivity (Wildman–Crippen MR) is 51.0 cm³/mol. The second kappa shape index (κ2) is 4.18. The summed E-state index contributed by atoms with van der Waals surface area (Å²) in [6, 6.07) is 0. The number of cyclic esters (lactones) is 1. The van der Waals surface area contributed by atoms with Gasteiger partial charge in [-0.15, -0.1) is 0 Å². The first-order chi connectivity index (χ1) is 6.78. The molecule has 0 aromatic heterocycles. The van der Waals surface area contributed by atoms with Crippen LogP contribution in [-0.2, 0) is 19.1 Å². The zero-order valence-electron chi connectivity index (χ0n) is 9.15. The number of aliphatic hydroxyl groups is 1. The minimum atomic E-state index is -1.10. The van der Waals surface area contributed by atoms with Gasteiger partial charge < -0.3 is 14.6 Å². The van der Waals surface area contributed by atoms with Crippen LogP contribution in [0.15, 0.2) is 0 Å². The second-order valence-corrected chi connectivity index (χ2v) is 4.60. The Labute approximate surface area is 88.4 Å². The number of esters is 2. The summed E-state index contributed by atoms with van der Waals surface area (Å²) >= 11 is 0. The third kappa shape index (κ3) is 3.87. The average molecular weight is 216 g/mol. The van der Waals surface area contributed by atoms with Crippen molar-refractivity contribution in [2.75, 3.05) is 0 Å². The minimum absolute atomic E-state index is 0.0000694. The molecule has 0 saturated carbocycles. The number of rotatable bonds is 2. The fourth-order valence-electron chi connectivity index (χ4n) is 1.33. The van der Waals surface area contributed by atoms with Gasteiger partial charge in [0.25, 0.3) is 0 Å². The van der Waals surface area contributed by atoms with Crippen LogP contribution in [0.25, 0.3) is 0 Å². The van der Waals surface area contributed by atoms with Crippen LogP contribution in [0, 0.1) is 0 Å². The van der Waals surface area contributed by atoms with E-state index in [1.807, 2.05) is 0 Å². The monoisotopic (exact) mass is 216 g/mol. The molecule has 0 aromatic carbocycles. The lowest BCUT2D eigenvalue weighted by Crippen LogP contribution is -2.26. The normalized spacial score (nSPS) is 26.3. The molecule has 0 amide bonds. The summed E-state index contributed by atoms with van der Waals surface area (Å²) in [7, 11) is 0. The average Bonchev–Trinajstić information content (AvgIpc) is 2.26. The number of hydrogen-bond donors (Lipinski definition) is 1. The largest absolute Gasteiger partial charge is 0.460 e. The summed E-state index contributed by atoms with van der Waals surface area (Å²) in [5.74, 6) is -1.09. The third-order valence-corrected chi connectivity index (χ3v) is 1.86. The van der Waals surface area contributed by atoms with Crippen molar-refractivity contribution in [2.45, 2.75) is 51.4 Å². The Morgan fingerprint density at radius 3 is 2.60 bits per heavy atom. The van der Waals surface area contributed by atoms with Crippen molar-refractivity contribution in [2.24, 2.45) is 0 Å². The van der Waals surface area contributed by atoms with Crippen LogP contribution in [0.5, 0.6) is 0 Å². The van der Waals surface area contributed by atoms with Crippen molar-refractivity contribution >= 4 is 11.9 Å². The van der Waals surface area contributed by atoms with Crippen LogP contribution < -0.4 is 0 Å². The third-order valence-electron chi connectivity index (χ3n) is 1.86. The van der Waals surface area contributed by atoms with Gasteiger partial charge in [0.2, 0.25) is 0 Å². The maximum atomic E-state index is 11.3. The van der Waals surface area contributed by atoms with E-state index in [4.69, 9.17) is 14.6 Å². The lowest BCUT2D eigenvalue weighted by molar-refractivity contribution is -0.159. The molecular weight excluding hydrogens is 200 g/mol. The van der Waals surface area contributed by atoms with E-state index in [2.05, 4.69) is 0 Å². The molecule has 0 bridgehead atoms. The molecule has 15 heavy (non-hydrogen) atoms. The van der Waals surface area contributed by atoms with Gasteiger partial charge in [0.05, 0.1) is 6.42 Å². The first-order valence-electron chi connectivity index (χ1n) is 4.88. The molecule has 1 fully saturated rings. The summed E-state index contributed by atoms with van der Waals surface area (Å²) in [6.45, 7) is 5.29. The molecule has 1 N–H and O–H groups in total. The Kier molecular flexibility index (Phi) is 3.34. The van der Waals surface area contributed by atoms with E-state index in [1.165, 1.54) is 0 Å². The van der Waals surface area contributed by atoms with Gasteiger partial charge in [-0.2, -0.15) is 0 Å². The number of aliphatic hydroxyl groups excluding tert-OH is 1. The Hall–Kier alpha value is -1.10. The molecule has 1 aliphatic heterocycles. The minimum Gasteiger partial charge on any atom is -0.460 e. The maximum Gasteiger partial charge on any atom is 0.335 e. The highest BCUT2D eigenvalue weighted by Crippen LogP contribution is 2.19. The van der Waals surface area contributed by atoms with Crippen molar-refractivity contribution < 1.29 is 24.2 Å². The number of ether oxygens (including phenoxy) is 2. The van der Waals surface area contributed by atoms with Crippen molar-refractivity contribution in [1.82, 2.24) is 0 Å². The standard InChI is InChI=1S/C10H16O5/c1-10(2,3)15-8(12)5-6-4-7(11)9(13)14-6/h6-7,11H,4-5H2,1-3H3. The topological polar surface area (TPSA) is 72.8 Å². The van der Waals surface area contributed by atoms with Gasteiger partial charge in [-0.1, -0.05) is 0 Å². The van der Waals surface area contributed by atoms with E-state index in [9.17, 15) is 9.59 Å². The van der Waals surface area contributed by atoms with Crippen LogP contribution in [-0.4, -0.2) is 34.9 Å². The molecule has 0 radical (unpaired) electrons. The number of carbonyl (C=O) groups excluding carboxylic acids is 2. The molecule has 0 spiro atoms. The van der Waals surface area contributed by atoms with Gasteiger partial charge in [0.1, 0.15) is 11.7 Å². The molecule has 5 nitrogen and oxygen atoms in total. The molecule has 2 atom stereocenters. The Morgan fingerprint density at radius 2 is 2.20 bits per heavy atom. The smallest absolute Gasteiger partial charge is 0.335 e. The van der Waals surface area contributed by atoms with Crippen LogP contribution in [0.2, 0.25) is 0 Å². The lowest BCUT2D eigenvalue weighted by atomic mass is 10.1. The van der Waals surface area contributed by atoms with Crippen molar-refractivity contribution in [3.8, 4) is 0 Å². The first kappa shape index (κ1) is 12.0. The molecule has 0 aromatic rings. The van der Waals surface area contributed by atoms with Gasteiger partial charge in [0, 0.05) is 6.42 Å². The van der Waals surface area contributed by atoms with Gasteiger partial charge in [-0.05, 0) is 20.8 Å². The Bertz CT molecular complexity index is 265. The van der Waals surface area contributed by atoms with Gasteiger partial charge in [-0.3, -0.25) is 4.79 Å². The van der Waals surface area contributed by atoms with E-state index in [0.717, 1.165) is 0 Å². The van der Waals surface area contributed by atoms with Crippen LogP contribution in [0.3, 0.4) is 0 Å². The summed E-state index contributed by atoms with van der Waals surface area (Å²) in [6.07, 6.45) is -1.49. The molecule has 5 heteroatoms. The van der Waals surface area contributed by atoms with E-state index >= 15 is 0 Å². The first-order valence-corrected chi connectivity index (χ1v) is 4.88. The number of carbonyl (C=O) groups is 2. The van der Waals surface area contributed by atoms with Crippen LogP contribution in [0.4, 0.5) is 0 Å². The van der Waals surface area contributed by atoms with E-state index < -0.39 is 29.7 Å². The van der Waals surface area contributed by atoms with E-state index in [1.54, 1.807) is 20.8 Å². The van der Waals surface area contributed by atoms with Gasteiger partial charge in [0.15, 0.2) is 6.10 Å². The zero-order valence-corrected chi connectivity index (χ0v) is 9.15. The highest BCUT2D eigenvalue weighted by atomic mass is 16.6. The van der Waals surface area contributed by atoms with Gasteiger partial charge >= 0.3 is 11.9 Å². The Balaban J connectivity index is 2.37. The quantitative estimate of drug-likeness (QED) is 0.676. The summed E-state index contributed by atoms with van der Waals surface area (Å²) in [5, 5.41) is 9.09. The lowest BCUT2D eigenvalue weighted by Gasteiger charge is -2.20. The summed E-state index contributed by atoms with van der Waals surface area (Å²) in [5.41, 5.74) is -0.543. The van der Waals surface area contributed by atoms with Crippen molar-refractivity contribution in [1.29, 1.82) is 0 Å². The Morgan fingerprint density at radius 1 is 1.60 bits per heavy atom. The molecule has 86 valence electrons. The zero-order chi connectivity index (χ0) is 11.6. The maximum absolute atomic E-state index is 11.3. The molecule has 0 aliphatic carbocycles. The van der Waals surface area contributed by atoms with Crippen molar-refractivity contribution in [3.63, 3.8) is 0 Å². The van der Waals surface area contributed by atoms with E-state index in [0.29, 0.717) is 0 Å². The van der Waals surface area contributed by atoms with Crippen LogP contribution >= 0.6 is 0 Å². The SMILES string of the molecule is CC(C)(C)OC(=O)CC1CC(O)C(=O)O1. The van der Waals surface area contributed by atoms with Gasteiger partial charge in [-0.25, -0.2) is 4.79 Å². The predicted octanol–water partition coefficient (Wildman–Crippen LogP) is 0.395. The fraction of sp³-hybridized carbons (Fsp3) is 0.800. The van der Waals surface area contributed by atoms with Crippen molar-refractivity contribution in [3.05, 3.63) is 0 Å². The van der Waals surface area contributed by atoms with E-state index in [-0.39, 0.29) is 12.8 Å². The van der Waals surface area contributed by atoms with Crippen LogP contribution in [0.1, 0.15) is 33.6 Å². The second-order valence-electron chi connectivity index (χ2n) is 4.60. The molecule has 1 saturated heterocycles. The summed E-state index contributed by atoms with van der Waals surface area (Å²) in [4.78, 5) is 22.2. The highest BCUT2D eigenvalue weighted by molar-refractivity contribution is 5.78. The highest BCUT2D eigenvalue weighted by Gasteiger charge is 2.34. The fourth-order valence-corrected chi connectivity index (χ4v) is 1.33. The molecule has 1 aliphatic rings.